The average molecular weight is 425 g/mol. The van der Waals surface area contributed by atoms with Crippen LogP contribution in [0.15, 0.2) is 24.3 Å². The lowest BCUT2D eigenvalue weighted by atomic mass is 9.84. The molecule has 0 amide bonds. The third-order valence-electron chi connectivity index (χ3n) is 6.66. The van der Waals surface area contributed by atoms with Gasteiger partial charge >= 0.3 is 0 Å². The number of benzene rings is 1. The van der Waals surface area contributed by atoms with Crippen LogP contribution in [0, 0.1) is 0 Å². The smallest absolute Gasteiger partial charge is 0.0925 e. The zero-order valence-corrected chi connectivity index (χ0v) is 19.5. The average Bonchev–Trinajstić information content (AvgIpc) is 2.77. The zero-order chi connectivity index (χ0) is 22.6. The van der Waals surface area contributed by atoms with E-state index in [1.807, 2.05) is 48.2 Å². The molecule has 174 valence electrons. The maximum Gasteiger partial charge on any atom is 0.0925 e. The number of nitrogens with zero attached hydrogens (tertiary/aromatic N) is 2. The molecule has 0 unspecified atom stereocenters. The Hall–Kier alpha value is -1.02. The fourth-order valence-corrected chi connectivity index (χ4v) is 4.11. The normalized spacial score (nSPS) is 12.9. The van der Waals surface area contributed by atoms with Crippen molar-refractivity contribution < 1.29 is 20.4 Å². The lowest BCUT2D eigenvalue weighted by Crippen LogP contribution is -2.51. The Morgan fingerprint density at radius 1 is 0.600 bits per heavy atom. The first-order valence-corrected chi connectivity index (χ1v) is 11.4. The van der Waals surface area contributed by atoms with Crippen molar-refractivity contribution in [1.29, 1.82) is 0 Å². The Morgan fingerprint density at radius 2 is 0.900 bits per heavy atom. The van der Waals surface area contributed by atoms with Gasteiger partial charge in [-0.15, -0.1) is 0 Å². The van der Waals surface area contributed by atoms with Crippen LogP contribution in [-0.4, -0.2) is 83.8 Å². The quantitative estimate of drug-likeness (QED) is 0.305. The van der Waals surface area contributed by atoms with Gasteiger partial charge in [-0.05, 0) is 51.2 Å². The van der Waals surface area contributed by atoms with Gasteiger partial charge in [0.25, 0.3) is 0 Å². The Labute approximate surface area is 183 Å². The van der Waals surface area contributed by atoms with E-state index in [0.29, 0.717) is 0 Å². The van der Waals surface area contributed by atoms with Gasteiger partial charge in [-0.3, -0.25) is 9.80 Å². The maximum atomic E-state index is 10.2. The molecule has 0 saturated carbocycles. The van der Waals surface area contributed by atoms with Crippen molar-refractivity contribution in [2.24, 2.45) is 0 Å². The van der Waals surface area contributed by atoms with Crippen molar-refractivity contribution in [3.63, 3.8) is 0 Å². The second-order valence-electron chi connectivity index (χ2n) is 8.53. The summed E-state index contributed by atoms with van der Waals surface area (Å²) in [4.78, 5) is 4.06. The molecule has 0 aliphatic heterocycles. The fraction of sp³-hybridized carbons (Fsp3) is 0.750. The molecule has 1 rings (SSSR count). The third-order valence-corrected chi connectivity index (χ3v) is 6.66. The van der Waals surface area contributed by atoms with Crippen molar-refractivity contribution in [3.8, 4) is 0 Å². The second-order valence-corrected chi connectivity index (χ2v) is 8.53. The summed E-state index contributed by atoms with van der Waals surface area (Å²) in [6, 6.07) is 7.60. The number of hydrogen-bond acceptors (Lipinski definition) is 6. The lowest BCUT2D eigenvalue weighted by Gasteiger charge is -2.42. The van der Waals surface area contributed by atoms with Crippen LogP contribution in [0.4, 0.5) is 0 Å². The van der Waals surface area contributed by atoms with E-state index < -0.39 is 11.1 Å². The maximum absolute atomic E-state index is 10.2. The lowest BCUT2D eigenvalue weighted by molar-refractivity contribution is -0.00506. The highest BCUT2D eigenvalue weighted by molar-refractivity contribution is 5.33. The first-order valence-electron chi connectivity index (χ1n) is 11.4. The van der Waals surface area contributed by atoms with E-state index in [9.17, 15) is 20.4 Å². The summed E-state index contributed by atoms with van der Waals surface area (Å²) in [6.45, 7) is 5.13. The molecular formula is C24H44N2O4. The number of aliphatic hydroxyl groups is 4. The molecule has 4 N–H and O–H groups in total. The van der Waals surface area contributed by atoms with E-state index in [2.05, 4.69) is 13.8 Å². The summed E-state index contributed by atoms with van der Waals surface area (Å²) in [5.41, 5.74) is -0.0665. The summed E-state index contributed by atoms with van der Waals surface area (Å²) in [7, 11) is 3.87. The highest BCUT2D eigenvalue weighted by Gasteiger charge is 2.38. The van der Waals surface area contributed by atoms with E-state index in [1.54, 1.807) is 0 Å². The monoisotopic (exact) mass is 424 g/mol. The molecule has 0 aromatic heterocycles. The molecule has 0 aliphatic rings. The molecular weight excluding hydrogens is 380 g/mol. The standard InChI is InChI=1S/C24H44N2O4/c1-5-7-9-15-25(3)23(17-27,18-28)21-11-13-22(14-12-21)24(19-29,20-30)26(4)16-10-8-6-2/h11-14,27-30H,5-10,15-20H2,1-4H3. The predicted molar refractivity (Wildman–Crippen MR) is 122 cm³/mol. The molecule has 0 atom stereocenters. The van der Waals surface area contributed by atoms with Crippen LogP contribution in [-0.2, 0) is 11.1 Å². The molecule has 0 spiro atoms. The van der Waals surface area contributed by atoms with Crippen molar-refractivity contribution in [3.05, 3.63) is 35.4 Å². The highest BCUT2D eigenvalue weighted by atomic mass is 16.3. The Balaban J connectivity index is 3.17. The molecule has 6 heteroatoms. The number of likely N-dealkylation sites (N-methyl/N-ethyl adjacent to an activating group) is 2. The Kier molecular flexibility index (Phi) is 12.1. The van der Waals surface area contributed by atoms with E-state index in [-0.39, 0.29) is 26.4 Å². The van der Waals surface area contributed by atoms with Crippen molar-refractivity contribution in [2.75, 3.05) is 53.6 Å². The molecule has 0 radical (unpaired) electrons. The van der Waals surface area contributed by atoms with E-state index >= 15 is 0 Å². The van der Waals surface area contributed by atoms with Crippen LogP contribution < -0.4 is 0 Å². The Morgan fingerprint density at radius 3 is 1.13 bits per heavy atom. The van der Waals surface area contributed by atoms with E-state index in [4.69, 9.17) is 0 Å². The van der Waals surface area contributed by atoms with Crippen LogP contribution in [0.25, 0.3) is 0 Å². The van der Waals surface area contributed by atoms with Crippen molar-refractivity contribution in [1.82, 2.24) is 9.80 Å². The summed E-state index contributed by atoms with van der Waals surface area (Å²) in [6.07, 6.45) is 6.46. The minimum atomic E-state index is -0.861. The van der Waals surface area contributed by atoms with Gasteiger partial charge in [-0.1, -0.05) is 63.8 Å². The summed E-state index contributed by atoms with van der Waals surface area (Å²) in [5, 5.41) is 40.8. The minimum Gasteiger partial charge on any atom is -0.394 e. The third kappa shape index (κ3) is 6.02. The molecule has 0 aliphatic carbocycles. The summed E-state index contributed by atoms with van der Waals surface area (Å²) in [5.74, 6) is 0. The van der Waals surface area contributed by atoms with Crippen molar-refractivity contribution >= 4 is 0 Å². The van der Waals surface area contributed by atoms with Gasteiger partial charge < -0.3 is 20.4 Å². The first kappa shape index (κ1) is 27.0. The number of unbranched alkanes of at least 4 members (excludes halogenated alkanes) is 4. The molecule has 30 heavy (non-hydrogen) atoms. The SMILES string of the molecule is CCCCCN(C)C(CO)(CO)c1ccc(C(CO)(CO)N(C)CCCCC)cc1. The molecule has 6 nitrogen and oxygen atoms in total. The molecule has 0 saturated heterocycles. The van der Waals surface area contributed by atoms with Gasteiger partial charge in [0.05, 0.1) is 37.5 Å². The molecule has 1 aromatic carbocycles. The minimum absolute atomic E-state index is 0.187. The highest BCUT2D eigenvalue weighted by Crippen LogP contribution is 2.32. The van der Waals surface area contributed by atoms with Crippen LogP contribution in [0.3, 0.4) is 0 Å². The summed E-state index contributed by atoms with van der Waals surface area (Å²) < 4.78 is 0. The van der Waals surface area contributed by atoms with Crippen LogP contribution in [0.5, 0.6) is 0 Å². The predicted octanol–water partition coefficient (Wildman–Crippen LogP) is 2.29. The van der Waals surface area contributed by atoms with Crippen LogP contribution in [0.1, 0.15) is 63.5 Å². The summed E-state index contributed by atoms with van der Waals surface area (Å²) >= 11 is 0. The zero-order valence-electron chi connectivity index (χ0n) is 19.5. The molecule has 1 aromatic rings. The second kappa shape index (κ2) is 13.4. The number of hydrogen-bond donors (Lipinski definition) is 4. The molecule has 0 bridgehead atoms. The van der Waals surface area contributed by atoms with Gasteiger partial charge in [0, 0.05) is 0 Å². The topological polar surface area (TPSA) is 87.4 Å². The molecule has 0 heterocycles. The number of aliphatic hydroxyl groups excluding tert-OH is 4. The van der Waals surface area contributed by atoms with Gasteiger partial charge in [-0.25, -0.2) is 0 Å². The largest absolute Gasteiger partial charge is 0.394 e. The first-order chi connectivity index (χ1) is 14.4. The van der Waals surface area contributed by atoms with Crippen LogP contribution >= 0.6 is 0 Å². The van der Waals surface area contributed by atoms with Gasteiger partial charge in [0.1, 0.15) is 0 Å². The van der Waals surface area contributed by atoms with Gasteiger partial charge in [0.15, 0.2) is 0 Å². The Bertz CT molecular complexity index is 520. The van der Waals surface area contributed by atoms with Crippen molar-refractivity contribution in [2.45, 2.75) is 63.5 Å². The van der Waals surface area contributed by atoms with E-state index in [0.717, 1.165) is 62.7 Å². The number of rotatable bonds is 16. The van der Waals surface area contributed by atoms with Crippen LogP contribution in [0.2, 0.25) is 0 Å². The molecule has 0 fully saturated rings. The fourth-order valence-electron chi connectivity index (χ4n) is 4.11. The van der Waals surface area contributed by atoms with Gasteiger partial charge in [-0.2, -0.15) is 0 Å². The van der Waals surface area contributed by atoms with Gasteiger partial charge in [0.2, 0.25) is 0 Å². The van der Waals surface area contributed by atoms with E-state index in [1.165, 1.54) is 0 Å².